The summed E-state index contributed by atoms with van der Waals surface area (Å²) >= 11 is 4.18. The summed E-state index contributed by atoms with van der Waals surface area (Å²) in [5.41, 5.74) is 1.71. The van der Waals surface area contributed by atoms with Gasteiger partial charge in [-0.3, -0.25) is 9.79 Å². The van der Waals surface area contributed by atoms with E-state index in [9.17, 15) is 20.0 Å². The quantitative estimate of drug-likeness (QED) is 0.274. The minimum absolute atomic E-state index is 0.00887. The molecule has 8 heteroatoms. The summed E-state index contributed by atoms with van der Waals surface area (Å²) in [6, 6.07) is 8.93. The third-order valence-electron chi connectivity index (χ3n) is 3.59. The van der Waals surface area contributed by atoms with E-state index in [1.807, 2.05) is 6.07 Å². The number of nitrogens with zero attached hydrogens (tertiary/aromatic N) is 2. The van der Waals surface area contributed by atoms with E-state index in [2.05, 4.69) is 35.0 Å². The zero-order chi connectivity index (χ0) is 19.3. The average Bonchev–Trinajstić information content (AvgIpc) is 2.60. The van der Waals surface area contributed by atoms with Crippen molar-refractivity contribution in [1.29, 1.82) is 5.26 Å². The second-order valence-electron chi connectivity index (χ2n) is 5.36. The molecule has 132 valence electrons. The lowest BCUT2D eigenvalue weighted by molar-refractivity contribution is -0.132. The fourth-order valence-corrected chi connectivity index (χ4v) is 2.62. The molecular weight excluding hydrogens is 352 g/mol. The van der Waals surface area contributed by atoms with Crippen LogP contribution in [0.15, 0.2) is 52.7 Å². The lowest BCUT2D eigenvalue weighted by atomic mass is 9.98. The van der Waals surface area contributed by atoms with Gasteiger partial charge in [-0.15, -0.1) is 12.6 Å². The summed E-state index contributed by atoms with van der Waals surface area (Å²) in [6.45, 7) is 5.01. The van der Waals surface area contributed by atoms with Crippen LogP contribution in [0.4, 0.5) is 0 Å². The van der Waals surface area contributed by atoms with E-state index in [4.69, 9.17) is 0 Å². The van der Waals surface area contributed by atoms with Gasteiger partial charge in [0.15, 0.2) is 0 Å². The van der Waals surface area contributed by atoms with E-state index in [0.717, 1.165) is 11.8 Å². The number of amides is 1. The zero-order valence-electron chi connectivity index (χ0n) is 13.9. The van der Waals surface area contributed by atoms with Gasteiger partial charge in [-0.05, 0) is 42.5 Å². The van der Waals surface area contributed by atoms with Gasteiger partial charge in [0.25, 0.3) is 5.91 Å². The zero-order valence-corrected chi connectivity index (χ0v) is 14.7. The Balaban J connectivity index is 2.50. The van der Waals surface area contributed by atoms with Gasteiger partial charge >= 0.3 is 5.97 Å². The summed E-state index contributed by atoms with van der Waals surface area (Å²) in [5.74, 6) is -1.63. The molecule has 0 aromatic heterocycles. The molecule has 1 amide bonds. The Bertz CT molecular complexity index is 909. The second kappa shape index (κ2) is 8.18. The van der Waals surface area contributed by atoms with Crippen LogP contribution in [0, 0.1) is 11.3 Å². The number of carbonyl (C=O) groups is 2. The van der Waals surface area contributed by atoms with Crippen molar-refractivity contribution in [3.8, 4) is 6.07 Å². The van der Waals surface area contributed by atoms with Gasteiger partial charge in [-0.25, -0.2) is 4.79 Å². The number of rotatable bonds is 5. The van der Waals surface area contributed by atoms with Crippen molar-refractivity contribution in [3.05, 3.63) is 58.8 Å². The maximum absolute atomic E-state index is 11.9. The van der Waals surface area contributed by atoms with Crippen molar-refractivity contribution in [2.75, 3.05) is 0 Å². The largest absolute Gasteiger partial charge is 0.478 e. The first kappa shape index (κ1) is 19.0. The molecular formula is C18H16N4O3S. The molecule has 1 aliphatic heterocycles. The van der Waals surface area contributed by atoms with Crippen LogP contribution in [0.2, 0.25) is 0 Å². The maximum atomic E-state index is 11.9. The summed E-state index contributed by atoms with van der Waals surface area (Å²) < 4.78 is 0. The van der Waals surface area contributed by atoms with Crippen molar-refractivity contribution in [1.82, 2.24) is 10.6 Å². The van der Waals surface area contributed by atoms with Crippen LogP contribution in [0.3, 0.4) is 0 Å². The first-order valence-corrected chi connectivity index (χ1v) is 7.97. The number of nitriles is 1. The fraction of sp³-hybridized carbons (Fsp3) is 0.111. The normalized spacial score (nSPS) is 17.9. The van der Waals surface area contributed by atoms with Crippen LogP contribution in [0.5, 0.6) is 0 Å². The van der Waals surface area contributed by atoms with Crippen LogP contribution in [0.25, 0.3) is 11.3 Å². The Labute approximate surface area is 155 Å². The number of hydrogen-bond donors (Lipinski definition) is 4. The molecule has 1 unspecified atom stereocenters. The van der Waals surface area contributed by atoms with Gasteiger partial charge in [0.05, 0.1) is 11.3 Å². The van der Waals surface area contributed by atoms with E-state index in [1.54, 1.807) is 31.2 Å². The first-order valence-electron chi connectivity index (χ1n) is 7.45. The van der Waals surface area contributed by atoms with Crippen LogP contribution >= 0.6 is 12.6 Å². The number of thiol groups is 1. The predicted octanol–water partition coefficient (Wildman–Crippen LogP) is 1.93. The van der Waals surface area contributed by atoms with E-state index >= 15 is 0 Å². The van der Waals surface area contributed by atoms with Crippen LogP contribution < -0.4 is 10.6 Å². The third kappa shape index (κ3) is 4.20. The molecule has 0 spiro atoms. The minimum Gasteiger partial charge on any atom is -0.478 e. The summed E-state index contributed by atoms with van der Waals surface area (Å²) in [7, 11) is 0. The van der Waals surface area contributed by atoms with Gasteiger partial charge in [0.2, 0.25) is 0 Å². The lowest BCUT2D eigenvalue weighted by Crippen LogP contribution is -2.46. The number of aliphatic imine (C=N–C) groups is 1. The molecule has 1 aromatic carbocycles. The molecule has 3 N–H and O–H groups in total. The average molecular weight is 368 g/mol. The SMILES string of the molecule is C=N/C=C(\C=C(/C)c1cccc(C2=C(C#N)C(=O)NC(S)N2)c1)C(=O)O. The Morgan fingerprint density at radius 1 is 1.46 bits per heavy atom. The number of carboxylic acid groups (broad SMARTS) is 1. The summed E-state index contributed by atoms with van der Waals surface area (Å²) in [4.78, 5) is 26.7. The van der Waals surface area contributed by atoms with Crippen LogP contribution in [0.1, 0.15) is 18.1 Å². The minimum atomic E-state index is -1.12. The highest BCUT2D eigenvalue weighted by atomic mass is 32.1. The molecule has 1 atom stereocenters. The number of hydrogen-bond acceptors (Lipinski definition) is 6. The maximum Gasteiger partial charge on any atom is 0.337 e. The van der Waals surface area contributed by atoms with Crippen molar-refractivity contribution >= 4 is 42.5 Å². The molecule has 0 saturated heterocycles. The Morgan fingerprint density at radius 2 is 2.19 bits per heavy atom. The third-order valence-corrected chi connectivity index (χ3v) is 3.85. The van der Waals surface area contributed by atoms with E-state index < -0.39 is 17.4 Å². The van der Waals surface area contributed by atoms with Crippen molar-refractivity contribution in [2.45, 2.75) is 12.4 Å². The first-order chi connectivity index (χ1) is 12.4. The molecule has 26 heavy (non-hydrogen) atoms. The number of nitrogens with one attached hydrogen (secondary N) is 2. The van der Waals surface area contributed by atoms with Crippen LogP contribution in [-0.2, 0) is 9.59 Å². The fourth-order valence-electron chi connectivity index (χ4n) is 2.38. The molecule has 0 fully saturated rings. The summed E-state index contributed by atoms with van der Waals surface area (Å²) in [6.07, 6.45) is 2.63. The monoisotopic (exact) mass is 368 g/mol. The molecule has 0 bridgehead atoms. The Morgan fingerprint density at radius 3 is 2.81 bits per heavy atom. The smallest absolute Gasteiger partial charge is 0.337 e. The number of benzene rings is 1. The Kier molecular flexibility index (Phi) is 5.98. The number of aliphatic carboxylic acids is 1. The number of carboxylic acids is 1. The topological polar surface area (TPSA) is 115 Å². The van der Waals surface area contributed by atoms with Gasteiger partial charge < -0.3 is 15.7 Å². The van der Waals surface area contributed by atoms with Crippen molar-refractivity contribution in [2.24, 2.45) is 4.99 Å². The molecule has 2 rings (SSSR count). The molecule has 0 radical (unpaired) electrons. The highest BCUT2D eigenvalue weighted by Crippen LogP contribution is 2.24. The van der Waals surface area contributed by atoms with E-state index in [0.29, 0.717) is 16.8 Å². The predicted molar refractivity (Wildman–Crippen MR) is 102 cm³/mol. The second-order valence-corrected chi connectivity index (χ2v) is 5.88. The van der Waals surface area contributed by atoms with E-state index in [-0.39, 0.29) is 11.1 Å². The Hall–Kier alpha value is -3.31. The molecule has 1 aliphatic rings. The van der Waals surface area contributed by atoms with Gasteiger partial charge in [0, 0.05) is 6.20 Å². The van der Waals surface area contributed by atoms with Crippen molar-refractivity contribution < 1.29 is 14.7 Å². The number of carbonyl (C=O) groups excluding carboxylic acids is 1. The highest BCUT2D eigenvalue weighted by Gasteiger charge is 2.25. The molecule has 1 heterocycles. The van der Waals surface area contributed by atoms with Crippen LogP contribution in [-0.4, -0.2) is 29.2 Å². The lowest BCUT2D eigenvalue weighted by Gasteiger charge is -2.25. The standard InChI is InChI=1S/C18H16N4O3S/c1-10(6-13(9-20-2)17(24)25)11-4-3-5-12(7-11)15-14(8-19)16(23)22-18(26)21-15/h3-7,9,18,21,26H,2H2,1H3,(H,22,23)(H,24,25)/b10-6+,13-9+. The number of allylic oxidation sites excluding steroid dienone is 1. The molecule has 0 saturated carbocycles. The summed E-state index contributed by atoms with van der Waals surface area (Å²) in [5, 5.41) is 23.9. The molecule has 7 nitrogen and oxygen atoms in total. The highest BCUT2D eigenvalue weighted by molar-refractivity contribution is 7.80. The van der Waals surface area contributed by atoms with Gasteiger partial charge in [-0.1, -0.05) is 18.2 Å². The van der Waals surface area contributed by atoms with Gasteiger partial charge in [0.1, 0.15) is 17.1 Å². The molecule has 1 aromatic rings. The van der Waals surface area contributed by atoms with Gasteiger partial charge in [-0.2, -0.15) is 5.26 Å². The van der Waals surface area contributed by atoms with E-state index in [1.165, 1.54) is 6.08 Å². The molecule has 0 aliphatic carbocycles. The van der Waals surface area contributed by atoms with Crippen molar-refractivity contribution in [3.63, 3.8) is 0 Å².